The van der Waals surface area contributed by atoms with E-state index < -0.39 is 0 Å². The minimum Gasteiger partial charge on any atom is -0.454 e. The van der Waals surface area contributed by atoms with E-state index in [0.717, 1.165) is 62.9 Å². The summed E-state index contributed by atoms with van der Waals surface area (Å²) in [6.45, 7) is 6.18. The fraction of sp³-hybridized carbons (Fsp3) is 0.579. The SMILES string of the molecule is CCNC(=NCCC(=O)N1CCCC1)NCCc1ccc2c(c1)OCO2. The summed E-state index contributed by atoms with van der Waals surface area (Å²) in [4.78, 5) is 18.5. The zero-order valence-electron chi connectivity index (χ0n) is 15.4. The van der Waals surface area contributed by atoms with Gasteiger partial charge in [-0.15, -0.1) is 0 Å². The van der Waals surface area contributed by atoms with E-state index in [1.807, 2.05) is 30.0 Å². The lowest BCUT2D eigenvalue weighted by molar-refractivity contribution is -0.129. The number of rotatable bonds is 7. The van der Waals surface area contributed by atoms with Crippen LogP contribution in [0.4, 0.5) is 0 Å². The maximum absolute atomic E-state index is 12.1. The number of likely N-dealkylation sites (tertiary alicyclic amines) is 1. The van der Waals surface area contributed by atoms with Crippen LogP contribution in [0.3, 0.4) is 0 Å². The number of fused-ring (bicyclic) bond motifs is 1. The molecule has 0 atom stereocenters. The Morgan fingerprint density at radius 3 is 2.81 bits per heavy atom. The Morgan fingerprint density at radius 1 is 1.19 bits per heavy atom. The Kier molecular flexibility index (Phi) is 6.57. The summed E-state index contributed by atoms with van der Waals surface area (Å²) in [7, 11) is 0. The molecular formula is C19H28N4O3. The van der Waals surface area contributed by atoms with E-state index in [1.54, 1.807) is 0 Å². The van der Waals surface area contributed by atoms with Gasteiger partial charge in [-0.25, -0.2) is 0 Å². The standard InChI is InChI=1S/C19H28N4O3/c1-2-20-19(22-10-8-18(24)23-11-3-4-12-23)21-9-7-15-5-6-16-17(13-15)26-14-25-16/h5-6,13H,2-4,7-12,14H2,1H3,(H2,20,21,22). The second kappa shape index (κ2) is 9.31. The van der Waals surface area contributed by atoms with Crippen molar-refractivity contribution in [1.82, 2.24) is 15.5 Å². The van der Waals surface area contributed by atoms with Crippen LogP contribution in [0.1, 0.15) is 31.7 Å². The van der Waals surface area contributed by atoms with Crippen molar-refractivity contribution in [1.29, 1.82) is 0 Å². The zero-order valence-corrected chi connectivity index (χ0v) is 15.4. The highest BCUT2D eigenvalue weighted by atomic mass is 16.7. The Labute approximate surface area is 154 Å². The third-order valence-corrected chi connectivity index (χ3v) is 4.54. The van der Waals surface area contributed by atoms with Crippen LogP contribution in [0.15, 0.2) is 23.2 Å². The van der Waals surface area contributed by atoms with Crippen molar-refractivity contribution in [2.24, 2.45) is 4.99 Å². The van der Waals surface area contributed by atoms with Crippen molar-refractivity contribution in [2.75, 3.05) is 39.5 Å². The van der Waals surface area contributed by atoms with Crippen molar-refractivity contribution in [3.63, 3.8) is 0 Å². The second-order valence-corrected chi connectivity index (χ2v) is 6.46. The lowest BCUT2D eigenvalue weighted by Gasteiger charge is -2.15. The Hall–Kier alpha value is -2.44. The first kappa shape index (κ1) is 18.4. The number of aliphatic imine (C=N–C) groups is 1. The van der Waals surface area contributed by atoms with Crippen molar-refractivity contribution in [3.8, 4) is 11.5 Å². The number of hydrogen-bond acceptors (Lipinski definition) is 4. The van der Waals surface area contributed by atoms with Gasteiger partial charge in [0.25, 0.3) is 0 Å². The van der Waals surface area contributed by atoms with E-state index >= 15 is 0 Å². The van der Waals surface area contributed by atoms with Gasteiger partial charge in [-0.1, -0.05) is 6.07 Å². The molecule has 0 saturated carbocycles. The molecule has 2 aliphatic heterocycles. The van der Waals surface area contributed by atoms with Gasteiger partial charge in [0.1, 0.15) is 0 Å². The van der Waals surface area contributed by atoms with Crippen LogP contribution in [0.5, 0.6) is 11.5 Å². The molecule has 3 rings (SSSR count). The van der Waals surface area contributed by atoms with Gasteiger partial charge in [-0.05, 0) is 43.9 Å². The predicted molar refractivity (Wildman–Crippen MR) is 101 cm³/mol. The van der Waals surface area contributed by atoms with Gasteiger partial charge in [-0.2, -0.15) is 0 Å². The molecule has 7 heteroatoms. The van der Waals surface area contributed by atoms with Gasteiger partial charge < -0.3 is 25.0 Å². The first-order chi connectivity index (χ1) is 12.8. The summed E-state index contributed by atoms with van der Waals surface area (Å²) in [6, 6.07) is 6.01. The number of guanidine groups is 1. The van der Waals surface area contributed by atoms with Crippen LogP contribution in [0.2, 0.25) is 0 Å². The number of ether oxygens (including phenoxy) is 2. The van der Waals surface area contributed by atoms with E-state index in [1.165, 1.54) is 5.56 Å². The van der Waals surface area contributed by atoms with Gasteiger partial charge in [0.2, 0.25) is 12.7 Å². The summed E-state index contributed by atoms with van der Waals surface area (Å²) in [5.41, 5.74) is 1.18. The summed E-state index contributed by atoms with van der Waals surface area (Å²) in [5.74, 6) is 2.58. The molecular weight excluding hydrogens is 332 g/mol. The molecule has 7 nitrogen and oxygen atoms in total. The topological polar surface area (TPSA) is 75.2 Å². The molecule has 1 aromatic carbocycles. The van der Waals surface area contributed by atoms with Crippen LogP contribution in [-0.2, 0) is 11.2 Å². The van der Waals surface area contributed by atoms with Crippen molar-refractivity contribution >= 4 is 11.9 Å². The van der Waals surface area contributed by atoms with Gasteiger partial charge in [0.15, 0.2) is 17.5 Å². The average molecular weight is 360 g/mol. The molecule has 142 valence electrons. The third-order valence-electron chi connectivity index (χ3n) is 4.54. The molecule has 0 spiro atoms. The number of nitrogens with zero attached hydrogens (tertiary/aromatic N) is 2. The van der Waals surface area contributed by atoms with E-state index in [9.17, 15) is 4.79 Å². The fourth-order valence-electron chi connectivity index (χ4n) is 3.15. The number of carbonyl (C=O) groups is 1. The number of hydrogen-bond donors (Lipinski definition) is 2. The predicted octanol–water partition coefficient (Wildman–Crippen LogP) is 1.53. The van der Waals surface area contributed by atoms with Crippen LogP contribution in [-0.4, -0.2) is 56.3 Å². The van der Waals surface area contributed by atoms with Gasteiger partial charge in [-0.3, -0.25) is 9.79 Å². The molecule has 0 unspecified atom stereocenters. The Balaban J connectivity index is 1.43. The van der Waals surface area contributed by atoms with Crippen LogP contribution < -0.4 is 20.1 Å². The van der Waals surface area contributed by atoms with Crippen LogP contribution in [0, 0.1) is 0 Å². The molecule has 2 aliphatic rings. The van der Waals surface area contributed by atoms with E-state index in [0.29, 0.717) is 19.8 Å². The highest BCUT2D eigenvalue weighted by molar-refractivity contribution is 5.81. The largest absolute Gasteiger partial charge is 0.454 e. The summed E-state index contributed by atoms with van der Waals surface area (Å²) in [5, 5.41) is 6.55. The maximum atomic E-state index is 12.1. The van der Waals surface area contributed by atoms with Gasteiger partial charge in [0.05, 0.1) is 6.54 Å². The first-order valence-corrected chi connectivity index (χ1v) is 9.44. The van der Waals surface area contributed by atoms with Crippen molar-refractivity contribution < 1.29 is 14.3 Å². The van der Waals surface area contributed by atoms with Crippen molar-refractivity contribution in [2.45, 2.75) is 32.6 Å². The maximum Gasteiger partial charge on any atom is 0.231 e. The quantitative estimate of drug-likeness (QED) is 0.570. The molecule has 1 amide bonds. The second-order valence-electron chi connectivity index (χ2n) is 6.46. The number of amides is 1. The highest BCUT2D eigenvalue weighted by Gasteiger charge is 2.17. The normalized spacial score (nSPS) is 16.0. The van der Waals surface area contributed by atoms with Crippen LogP contribution in [0.25, 0.3) is 0 Å². The Bertz CT molecular complexity index is 642. The number of carbonyl (C=O) groups excluding carboxylic acids is 1. The third kappa shape index (κ3) is 5.03. The molecule has 2 heterocycles. The van der Waals surface area contributed by atoms with E-state index in [-0.39, 0.29) is 5.91 Å². The average Bonchev–Trinajstić information content (AvgIpc) is 3.33. The highest BCUT2D eigenvalue weighted by Crippen LogP contribution is 2.32. The molecule has 1 aromatic rings. The van der Waals surface area contributed by atoms with Crippen molar-refractivity contribution in [3.05, 3.63) is 23.8 Å². The zero-order chi connectivity index (χ0) is 18.2. The lowest BCUT2D eigenvalue weighted by atomic mass is 10.1. The molecule has 26 heavy (non-hydrogen) atoms. The lowest BCUT2D eigenvalue weighted by Crippen LogP contribution is -2.38. The molecule has 1 fully saturated rings. The van der Waals surface area contributed by atoms with E-state index in [4.69, 9.17) is 9.47 Å². The monoisotopic (exact) mass is 360 g/mol. The smallest absolute Gasteiger partial charge is 0.231 e. The minimum absolute atomic E-state index is 0.211. The minimum atomic E-state index is 0.211. The Morgan fingerprint density at radius 2 is 2.00 bits per heavy atom. The molecule has 2 N–H and O–H groups in total. The van der Waals surface area contributed by atoms with Crippen LogP contribution >= 0.6 is 0 Å². The fourth-order valence-corrected chi connectivity index (χ4v) is 3.15. The number of benzene rings is 1. The number of nitrogens with one attached hydrogen (secondary N) is 2. The molecule has 0 radical (unpaired) electrons. The molecule has 0 aromatic heterocycles. The van der Waals surface area contributed by atoms with E-state index in [2.05, 4.69) is 15.6 Å². The molecule has 1 saturated heterocycles. The summed E-state index contributed by atoms with van der Waals surface area (Å²) in [6.07, 6.45) is 3.57. The molecule has 0 aliphatic carbocycles. The summed E-state index contributed by atoms with van der Waals surface area (Å²) < 4.78 is 10.7. The van der Waals surface area contributed by atoms with Gasteiger partial charge in [0, 0.05) is 32.6 Å². The molecule has 0 bridgehead atoms. The first-order valence-electron chi connectivity index (χ1n) is 9.44. The summed E-state index contributed by atoms with van der Waals surface area (Å²) >= 11 is 0. The van der Waals surface area contributed by atoms with Gasteiger partial charge >= 0.3 is 0 Å².